The summed E-state index contributed by atoms with van der Waals surface area (Å²) >= 11 is 0. The minimum atomic E-state index is -2.64. The maximum atomic E-state index is 12.6. The summed E-state index contributed by atoms with van der Waals surface area (Å²) in [7, 11) is 0. The Labute approximate surface area is 118 Å². The number of alkyl halides is 2. The van der Waals surface area contributed by atoms with Crippen LogP contribution < -0.4 is 5.32 Å². The van der Waals surface area contributed by atoms with E-state index in [0.717, 1.165) is 5.56 Å². The molecule has 1 fully saturated rings. The van der Waals surface area contributed by atoms with Gasteiger partial charge in [-0.25, -0.2) is 8.78 Å². The Morgan fingerprint density at radius 3 is 2.65 bits per heavy atom. The van der Waals surface area contributed by atoms with E-state index >= 15 is 0 Å². The Kier molecular flexibility index (Phi) is 6.05. The van der Waals surface area contributed by atoms with Gasteiger partial charge in [-0.1, -0.05) is 19.9 Å². The normalized spacial score (nSPS) is 18.2. The van der Waals surface area contributed by atoms with Gasteiger partial charge in [0.2, 0.25) is 11.8 Å². The predicted octanol–water partition coefficient (Wildman–Crippen LogP) is 3.20. The summed E-state index contributed by atoms with van der Waals surface area (Å²) in [6.07, 6.45) is 3.43. The third kappa shape index (κ3) is 4.87. The van der Waals surface area contributed by atoms with Crippen LogP contribution in [0, 0.1) is 5.92 Å². The van der Waals surface area contributed by atoms with Gasteiger partial charge < -0.3 is 5.32 Å². The summed E-state index contributed by atoms with van der Waals surface area (Å²) in [5.74, 6) is -3.44. The molecule has 2 rings (SSSR count). The topological polar surface area (TPSA) is 42.0 Å². The van der Waals surface area contributed by atoms with Crippen molar-refractivity contribution in [3.8, 4) is 0 Å². The number of amides is 1. The molecule has 1 aromatic heterocycles. The SMILES string of the molecule is CC.CC(Cc1cccnc1)NC(=O)C1CC(F)(F)C1. The first-order valence-corrected chi connectivity index (χ1v) is 7.03. The van der Waals surface area contributed by atoms with Crippen LogP contribution in [0.2, 0.25) is 0 Å². The molecule has 0 aromatic carbocycles. The molecule has 112 valence electrons. The highest BCUT2D eigenvalue weighted by atomic mass is 19.3. The molecule has 1 amide bonds. The number of nitrogens with one attached hydrogen (secondary N) is 1. The standard InChI is InChI=1S/C13H16F2N2O.C2H6/c1-9(5-10-3-2-4-16-8-10)17-12(18)11-6-13(14,15)7-11;1-2/h2-4,8-9,11H,5-7H2,1H3,(H,17,18);1-2H3. The second kappa shape index (κ2) is 7.31. The van der Waals surface area contributed by atoms with E-state index in [9.17, 15) is 13.6 Å². The summed E-state index contributed by atoms with van der Waals surface area (Å²) < 4.78 is 25.3. The molecule has 1 unspecified atom stereocenters. The number of hydrogen-bond acceptors (Lipinski definition) is 2. The minimum absolute atomic E-state index is 0.0732. The van der Waals surface area contributed by atoms with Gasteiger partial charge in [0.25, 0.3) is 0 Å². The molecule has 0 spiro atoms. The van der Waals surface area contributed by atoms with E-state index < -0.39 is 11.8 Å². The van der Waals surface area contributed by atoms with Crippen LogP contribution in [0.5, 0.6) is 0 Å². The summed E-state index contributed by atoms with van der Waals surface area (Å²) in [6, 6.07) is 3.68. The van der Waals surface area contributed by atoms with Crippen molar-refractivity contribution < 1.29 is 13.6 Å². The smallest absolute Gasteiger partial charge is 0.249 e. The van der Waals surface area contributed by atoms with E-state index in [1.54, 1.807) is 12.4 Å². The average molecular weight is 284 g/mol. The zero-order valence-electron chi connectivity index (χ0n) is 12.2. The Balaban J connectivity index is 0.000000956. The van der Waals surface area contributed by atoms with E-state index in [2.05, 4.69) is 10.3 Å². The van der Waals surface area contributed by atoms with Crippen LogP contribution in [0.25, 0.3) is 0 Å². The molecule has 1 aliphatic carbocycles. The van der Waals surface area contributed by atoms with Crippen LogP contribution in [0.15, 0.2) is 24.5 Å². The number of pyridine rings is 1. The number of hydrogen-bond donors (Lipinski definition) is 1. The van der Waals surface area contributed by atoms with Gasteiger partial charge >= 0.3 is 0 Å². The van der Waals surface area contributed by atoms with Crippen LogP contribution in [0.4, 0.5) is 8.78 Å². The lowest BCUT2D eigenvalue weighted by Gasteiger charge is -2.34. The lowest BCUT2D eigenvalue weighted by Crippen LogP contribution is -2.47. The second-order valence-corrected chi connectivity index (χ2v) is 4.94. The van der Waals surface area contributed by atoms with Crippen molar-refractivity contribution in [2.24, 2.45) is 5.92 Å². The summed E-state index contributed by atoms with van der Waals surface area (Å²) in [5, 5.41) is 2.77. The molecule has 3 nitrogen and oxygen atoms in total. The minimum Gasteiger partial charge on any atom is -0.353 e. The van der Waals surface area contributed by atoms with E-state index in [1.165, 1.54) is 0 Å². The van der Waals surface area contributed by atoms with Crippen molar-refractivity contribution in [2.45, 2.75) is 52.0 Å². The maximum Gasteiger partial charge on any atom is 0.249 e. The van der Waals surface area contributed by atoms with Crippen molar-refractivity contribution in [3.63, 3.8) is 0 Å². The molecule has 1 heterocycles. The first-order valence-electron chi connectivity index (χ1n) is 7.03. The van der Waals surface area contributed by atoms with Gasteiger partial charge in [-0.05, 0) is 25.0 Å². The van der Waals surface area contributed by atoms with Crippen LogP contribution in [0.1, 0.15) is 39.2 Å². The molecule has 1 saturated carbocycles. The molecular formula is C15H22F2N2O. The van der Waals surface area contributed by atoms with Gasteiger partial charge in [0.15, 0.2) is 0 Å². The first-order chi connectivity index (χ1) is 9.46. The molecule has 0 saturated heterocycles. The number of halogens is 2. The molecule has 1 atom stereocenters. The number of aromatic nitrogens is 1. The predicted molar refractivity (Wildman–Crippen MR) is 74.6 cm³/mol. The van der Waals surface area contributed by atoms with E-state index in [1.807, 2.05) is 32.9 Å². The zero-order valence-corrected chi connectivity index (χ0v) is 12.2. The van der Waals surface area contributed by atoms with Crippen molar-refractivity contribution in [2.75, 3.05) is 0 Å². The van der Waals surface area contributed by atoms with E-state index in [0.29, 0.717) is 6.42 Å². The highest BCUT2D eigenvalue weighted by molar-refractivity contribution is 5.80. The van der Waals surface area contributed by atoms with Crippen LogP contribution in [0.3, 0.4) is 0 Å². The highest BCUT2D eigenvalue weighted by Crippen LogP contribution is 2.42. The molecule has 1 aromatic rings. The number of carbonyl (C=O) groups excluding carboxylic acids is 1. The number of carbonyl (C=O) groups is 1. The van der Waals surface area contributed by atoms with Crippen LogP contribution in [-0.4, -0.2) is 22.9 Å². The Morgan fingerprint density at radius 2 is 2.15 bits per heavy atom. The van der Waals surface area contributed by atoms with Gasteiger partial charge in [0.1, 0.15) is 0 Å². The third-order valence-electron chi connectivity index (χ3n) is 3.11. The number of nitrogens with zero attached hydrogens (tertiary/aromatic N) is 1. The monoisotopic (exact) mass is 284 g/mol. The first kappa shape index (κ1) is 16.5. The Hall–Kier alpha value is -1.52. The fourth-order valence-electron chi connectivity index (χ4n) is 2.13. The summed E-state index contributed by atoms with van der Waals surface area (Å²) in [4.78, 5) is 15.6. The van der Waals surface area contributed by atoms with Gasteiger partial charge in [-0.2, -0.15) is 0 Å². The summed E-state index contributed by atoms with van der Waals surface area (Å²) in [5.41, 5.74) is 1.02. The van der Waals surface area contributed by atoms with Crippen LogP contribution in [-0.2, 0) is 11.2 Å². The molecule has 0 aliphatic heterocycles. The summed E-state index contributed by atoms with van der Waals surface area (Å²) in [6.45, 7) is 5.86. The molecule has 1 aliphatic rings. The molecule has 0 radical (unpaired) electrons. The second-order valence-electron chi connectivity index (χ2n) is 4.94. The van der Waals surface area contributed by atoms with Crippen molar-refractivity contribution in [1.29, 1.82) is 0 Å². The van der Waals surface area contributed by atoms with Crippen molar-refractivity contribution in [3.05, 3.63) is 30.1 Å². The zero-order chi connectivity index (χ0) is 15.2. The largest absolute Gasteiger partial charge is 0.353 e. The van der Waals surface area contributed by atoms with E-state index in [-0.39, 0.29) is 24.8 Å². The average Bonchev–Trinajstić information content (AvgIpc) is 2.39. The molecule has 0 bridgehead atoms. The highest BCUT2D eigenvalue weighted by Gasteiger charge is 2.48. The fourth-order valence-corrected chi connectivity index (χ4v) is 2.13. The van der Waals surface area contributed by atoms with Gasteiger partial charge in [-0.3, -0.25) is 9.78 Å². The molecular weight excluding hydrogens is 262 g/mol. The molecule has 20 heavy (non-hydrogen) atoms. The lowest BCUT2D eigenvalue weighted by atomic mass is 9.80. The quantitative estimate of drug-likeness (QED) is 0.922. The number of rotatable bonds is 4. The molecule has 1 N–H and O–H groups in total. The van der Waals surface area contributed by atoms with Gasteiger partial charge in [0.05, 0.1) is 0 Å². The van der Waals surface area contributed by atoms with Gasteiger partial charge in [-0.15, -0.1) is 0 Å². The van der Waals surface area contributed by atoms with Crippen LogP contribution >= 0.6 is 0 Å². The molecule has 5 heteroatoms. The lowest BCUT2D eigenvalue weighted by molar-refractivity contribution is -0.150. The Bertz CT molecular complexity index is 415. The fraction of sp³-hybridized carbons (Fsp3) is 0.600. The third-order valence-corrected chi connectivity index (χ3v) is 3.11. The maximum absolute atomic E-state index is 12.6. The van der Waals surface area contributed by atoms with Gasteiger partial charge in [0, 0.05) is 37.2 Å². The Morgan fingerprint density at radius 1 is 1.50 bits per heavy atom. The van der Waals surface area contributed by atoms with Crippen molar-refractivity contribution >= 4 is 5.91 Å². The van der Waals surface area contributed by atoms with E-state index in [4.69, 9.17) is 0 Å². The van der Waals surface area contributed by atoms with Crippen molar-refractivity contribution in [1.82, 2.24) is 10.3 Å².